The highest BCUT2D eigenvalue weighted by Gasteiger charge is 2.42. The first kappa shape index (κ1) is 16.1. The molecule has 0 spiro atoms. The number of nitrogens with zero attached hydrogens (tertiary/aromatic N) is 3. The Morgan fingerprint density at radius 1 is 1.23 bits per heavy atom. The van der Waals surface area contributed by atoms with E-state index in [1.807, 2.05) is 12.1 Å². The number of rotatable bonds is 3. The van der Waals surface area contributed by atoms with Gasteiger partial charge in [-0.25, -0.2) is 4.79 Å². The van der Waals surface area contributed by atoms with Crippen molar-refractivity contribution >= 4 is 11.9 Å². The largest absolute Gasteiger partial charge is 0.508 e. The number of phenols is 1. The van der Waals surface area contributed by atoms with Crippen LogP contribution in [0.4, 0.5) is 4.79 Å². The van der Waals surface area contributed by atoms with Gasteiger partial charge in [0.1, 0.15) is 5.75 Å². The molecule has 1 aromatic carbocycles. The third-order valence-electron chi connectivity index (χ3n) is 4.76. The first-order valence-corrected chi connectivity index (χ1v) is 8.29. The number of benzene rings is 1. The number of carbonyl (C=O) groups excluding carboxylic acids is 2. The Hall–Kier alpha value is -3.35. The van der Waals surface area contributed by atoms with Crippen LogP contribution in [0.5, 0.6) is 5.75 Å². The van der Waals surface area contributed by atoms with Gasteiger partial charge in [0, 0.05) is 26.0 Å². The molecule has 0 saturated carbocycles. The predicted octanol–water partition coefficient (Wildman–Crippen LogP) is 1.78. The van der Waals surface area contributed by atoms with E-state index in [9.17, 15) is 14.7 Å². The van der Waals surface area contributed by atoms with Crippen LogP contribution in [0.25, 0.3) is 0 Å². The standard InChI is InChI=1S/C19H18N4O3/c1-22-15-11-23(10-12-3-2-8-20-9-12)18(25)16(15)17(21-19(22)26)13-4-6-14(24)7-5-13/h2-9,17,24H,10-11H2,1H3,(H,21,26)/t17-/m1/s1. The molecule has 1 atom stereocenters. The van der Waals surface area contributed by atoms with E-state index in [0.29, 0.717) is 24.4 Å². The first-order chi connectivity index (χ1) is 12.5. The summed E-state index contributed by atoms with van der Waals surface area (Å²) in [4.78, 5) is 32.7. The van der Waals surface area contributed by atoms with Gasteiger partial charge in [0.2, 0.25) is 0 Å². The molecule has 0 bridgehead atoms. The minimum Gasteiger partial charge on any atom is -0.508 e. The minimum atomic E-state index is -0.527. The van der Waals surface area contributed by atoms with Crippen LogP contribution in [-0.2, 0) is 11.3 Å². The normalized spacial score (nSPS) is 19.7. The van der Waals surface area contributed by atoms with Crippen LogP contribution in [0, 0.1) is 0 Å². The van der Waals surface area contributed by atoms with Crippen LogP contribution in [0.2, 0.25) is 0 Å². The molecule has 2 N–H and O–H groups in total. The van der Waals surface area contributed by atoms with Crippen molar-refractivity contribution in [1.82, 2.24) is 20.1 Å². The van der Waals surface area contributed by atoms with Gasteiger partial charge in [0.25, 0.3) is 5.91 Å². The number of likely N-dealkylation sites (N-methyl/N-ethyl adjacent to an activating group) is 1. The summed E-state index contributed by atoms with van der Waals surface area (Å²) in [5.41, 5.74) is 2.97. The second-order valence-electron chi connectivity index (χ2n) is 6.42. The maximum Gasteiger partial charge on any atom is 0.322 e. The number of hydrogen-bond acceptors (Lipinski definition) is 4. The zero-order valence-electron chi connectivity index (χ0n) is 14.2. The van der Waals surface area contributed by atoms with Crippen molar-refractivity contribution < 1.29 is 14.7 Å². The van der Waals surface area contributed by atoms with Gasteiger partial charge in [-0.1, -0.05) is 18.2 Å². The Labute approximate surface area is 150 Å². The molecule has 2 aliphatic rings. The fraction of sp³-hybridized carbons (Fsp3) is 0.211. The summed E-state index contributed by atoms with van der Waals surface area (Å²) in [7, 11) is 1.67. The predicted molar refractivity (Wildman–Crippen MR) is 93.8 cm³/mol. The fourth-order valence-corrected chi connectivity index (χ4v) is 3.38. The van der Waals surface area contributed by atoms with Crippen molar-refractivity contribution in [2.75, 3.05) is 13.6 Å². The van der Waals surface area contributed by atoms with Gasteiger partial charge in [0.05, 0.1) is 23.9 Å². The average Bonchev–Trinajstić information content (AvgIpc) is 2.97. The molecule has 0 aliphatic carbocycles. The Morgan fingerprint density at radius 2 is 2.00 bits per heavy atom. The second kappa shape index (κ2) is 6.18. The van der Waals surface area contributed by atoms with Crippen LogP contribution in [-0.4, -0.2) is 45.4 Å². The van der Waals surface area contributed by atoms with Gasteiger partial charge < -0.3 is 15.3 Å². The number of aromatic nitrogens is 1. The van der Waals surface area contributed by atoms with Gasteiger partial charge in [0.15, 0.2) is 0 Å². The van der Waals surface area contributed by atoms with Gasteiger partial charge in [-0.05, 0) is 29.3 Å². The van der Waals surface area contributed by atoms with Crippen molar-refractivity contribution in [3.8, 4) is 5.75 Å². The van der Waals surface area contributed by atoms with Crippen LogP contribution < -0.4 is 5.32 Å². The van der Waals surface area contributed by atoms with E-state index >= 15 is 0 Å². The summed E-state index contributed by atoms with van der Waals surface area (Å²) in [6.45, 7) is 0.811. The topological polar surface area (TPSA) is 85.8 Å². The van der Waals surface area contributed by atoms with Gasteiger partial charge in [-0.2, -0.15) is 0 Å². The molecule has 7 heteroatoms. The molecule has 2 aromatic rings. The molecule has 132 valence electrons. The van der Waals surface area contributed by atoms with E-state index in [1.165, 1.54) is 4.90 Å². The van der Waals surface area contributed by atoms with Crippen molar-refractivity contribution in [1.29, 1.82) is 0 Å². The van der Waals surface area contributed by atoms with E-state index < -0.39 is 6.04 Å². The number of amides is 3. The Balaban J connectivity index is 1.67. The maximum absolute atomic E-state index is 13.1. The molecule has 1 aromatic heterocycles. The molecule has 4 rings (SSSR count). The van der Waals surface area contributed by atoms with E-state index in [4.69, 9.17) is 0 Å². The quantitative estimate of drug-likeness (QED) is 0.884. The fourth-order valence-electron chi connectivity index (χ4n) is 3.38. The summed E-state index contributed by atoms with van der Waals surface area (Å²) >= 11 is 0. The minimum absolute atomic E-state index is 0.103. The van der Waals surface area contributed by atoms with Crippen LogP contribution in [0.1, 0.15) is 17.2 Å². The zero-order valence-corrected chi connectivity index (χ0v) is 14.2. The molecule has 0 fully saturated rings. The monoisotopic (exact) mass is 350 g/mol. The van der Waals surface area contributed by atoms with Crippen LogP contribution >= 0.6 is 0 Å². The number of nitrogens with one attached hydrogen (secondary N) is 1. The molecule has 3 amide bonds. The van der Waals surface area contributed by atoms with Crippen molar-refractivity contribution in [3.05, 3.63) is 71.2 Å². The van der Waals surface area contributed by atoms with Gasteiger partial charge in [-0.3, -0.25) is 14.7 Å². The summed E-state index contributed by atoms with van der Waals surface area (Å²) in [6.07, 6.45) is 3.42. The Bertz CT molecular complexity index is 893. The Kier molecular flexibility index (Phi) is 3.84. The first-order valence-electron chi connectivity index (χ1n) is 8.29. The molecule has 3 heterocycles. The molecular weight excluding hydrogens is 332 g/mol. The number of carbonyl (C=O) groups is 2. The molecule has 7 nitrogen and oxygen atoms in total. The van der Waals surface area contributed by atoms with E-state index in [2.05, 4.69) is 10.3 Å². The summed E-state index contributed by atoms with van der Waals surface area (Å²) in [6, 6.07) is 9.50. The molecule has 0 saturated heterocycles. The summed E-state index contributed by atoms with van der Waals surface area (Å²) < 4.78 is 0. The second-order valence-corrected chi connectivity index (χ2v) is 6.42. The zero-order chi connectivity index (χ0) is 18.3. The van der Waals surface area contributed by atoms with E-state index in [0.717, 1.165) is 11.1 Å². The van der Waals surface area contributed by atoms with Crippen molar-refractivity contribution in [2.24, 2.45) is 0 Å². The number of hydrogen-bond donors (Lipinski definition) is 2. The number of phenolic OH excluding ortho intramolecular Hbond substituents is 1. The highest BCUT2D eigenvalue weighted by Crippen LogP contribution is 2.36. The lowest BCUT2D eigenvalue weighted by Crippen LogP contribution is -2.45. The lowest BCUT2D eigenvalue weighted by atomic mass is 9.95. The molecule has 26 heavy (non-hydrogen) atoms. The van der Waals surface area contributed by atoms with Crippen LogP contribution in [0.15, 0.2) is 60.1 Å². The van der Waals surface area contributed by atoms with E-state index in [-0.39, 0.29) is 17.7 Å². The molecule has 2 aliphatic heterocycles. The Morgan fingerprint density at radius 3 is 2.69 bits per heavy atom. The molecular formula is C19H18N4O3. The summed E-state index contributed by atoms with van der Waals surface area (Å²) in [5.74, 6) is 0.0342. The number of aromatic hydroxyl groups is 1. The lowest BCUT2D eigenvalue weighted by Gasteiger charge is -2.31. The van der Waals surface area contributed by atoms with Crippen molar-refractivity contribution in [2.45, 2.75) is 12.6 Å². The van der Waals surface area contributed by atoms with Crippen molar-refractivity contribution in [3.63, 3.8) is 0 Å². The molecule has 0 unspecified atom stereocenters. The summed E-state index contributed by atoms with van der Waals surface area (Å²) in [5, 5.41) is 12.4. The van der Waals surface area contributed by atoms with Crippen LogP contribution in [0.3, 0.4) is 0 Å². The smallest absolute Gasteiger partial charge is 0.322 e. The SMILES string of the molecule is CN1C(=O)N[C@H](c2ccc(O)cc2)C2=C1CN(Cc1cccnc1)C2=O. The number of pyridine rings is 1. The molecule has 0 radical (unpaired) electrons. The third-order valence-corrected chi connectivity index (χ3v) is 4.76. The highest BCUT2D eigenvalue weighted by molar-refractivity contribution is 6.01. The van der Waals surface area contributed by atoms with Gasteiger partial charge >= 0.3 is 6.03 Å². The maximum atomic E-state index is 13.1. The third kappa shape index (κ3) is 2.67. The highest BCUT2D eigenvalue weighted by atomic mass is 16.3. The van der Waals surface area contributed by atoms with E-state index in [1.54, 1.807) is 48.6 Å². The average molecular weight is 350 g/mol. The number of urea groups is 1. The van der Waals surface area contributed by atoms with Gasteiger partial charge in [-0.15, -0.1) is 0 Å². The lowest BCUT2D eigenvalue weighted by molar-refractivity contribution is -0.126.